The molecule has 0 aliphatic carbocycles. The summed E-state index contributed by atoms with van der Waals surface area (Å²) in [6.07, 6.45) is 2.39. The van der Waals surface area contributed by atoms with Crippen molar-refractivity contribution in [1.29, 1.82) is 0 Å². The van der Waals surface area contributed by atoms with Gasteiger partial charge in [0, 0.05) is 18.4 Å². The van der Waals surface area contributed by atoms with E-state index in [1.807, 2.05) is 26.0 Å². The van der Waals surface area contributed by atoms with Gasteiger partial charge in [0.1, 0.15) is 10.7 Å². The van der Waals surface area contributed by atoms with Crippen LogP contribution in [0.5, 0.6) is 17.4 Å². The number of nitrogens with zero attached hydrogens (tertiary/aromatic N) is 3. The highest BCUT2D eigenvalue weighted by atomic mass is 32.1. The lowest BCUT2D eigenvalue weighted by Crippen LogP contribution is -3.10. The summed E-state index contributed by atoms with van der Waals surface area (Å²) in [7, 11) is 1.66. The summed E-state index contributed by atoms with van der Waals surface area (Å²) in [4.78, 5) is 7.49. The molecule has 0 spiro atoms. The fourth-order valence-corrected chi connectivity index (χ4v) is 5.05. The predicted molar refractivity (Wildman–Crippen MR) is 103 cm³/mol. The molecule has 1 atom stereocenters. The molecule has 1 aromatic carbocycles. The van der Waals surface area contributed by atoms with Crippen LogP contribution >= 0.6 is 11.3 Å². The van der Waals surface area contributed by atoms with Crippen molar-refractivity contribution >= 4 is 16.3 Å². The highest BCUT2D eigenvalue weighted by molar-refractivity contribution is 7.17. The van der Waals surface area contributed by atoms with Gasteiger partial charge in [-0.1, -0.05) is 11.3 Å². The van der Waals surface area contributed by atoms with Crippen molar-refractivity contribution in [1.82, 2.24) is 14.6 Å². The van der Waals surface area contributed by atoms with Gasteiger partial charge in [-0.2, -0.15) is 4.52 Å². The highest BCUT2D eigenvalue weighted by Gasteiger charge is 2.35. The molecule has 1 fully saturated rings. The second-order valence-electron chi connectivity index (χ2n) is 6.78. The predicted octanol–water partition coefficient (Wildman–Crippen LogP) is 1.98. The van der Waals surface area contributed by atoms with E-state index in [4.69, 9.17) is 9.47 Å². The van der Waals surface area contributed by atoms with Crippen LogP contribution in [-0.4, -0.2) is 46.5 Å². The van der Waals surface area contributed by atoms with Crippen LogP contribution in [0.1, 0.15) is 42.1 Å². The SMILES string of the molecule is CCOc1ccc([C@H](c2sc3nc(C)nn3c2O)[NH+]2CCCC2)cc1OC. The molecular formula is C19H25N4O3S+. The average Bonchev–Trinajstić information content (AvgIpc) is 3.37. The molecule has 0 bridgehead atoms. The first-order chi connectivity index (χ1) is 13.1. The van der Waals surface area contributed by atoms with Crippen molar-refractivity contribution in [2.75, 3.05) is 26.8 Å². The van der Waals surface area contributed by atoms with Crippen LogP contribution < -0.4 is 14.4 Å². The van der Waals surface area contributed by atoms with E-state index in [0.717, 1.165) is 34.2 Å². The molecule has 2 N–H and O–H groups in total. The zero-order chi connectivity index (χ0) is 19.0. The Hall–Kier alpha value is -2.32. The molecule has 2 aromatic heterocycles. The number of benzene rings is 1. The third kappa shape index (κ3) is 3.23. The van der Waals surface area contributed by atoms with E-state index in [9.17, 15) is 5.11 Å². The molecule has 144 valence electrons. The lowest BCUT2D eigenvalue weighted by atomic mass is 10.0. The molecule has 0 radical (unpaired) electrons. The molecule has 0 saturated carbocycles. The van der Waals surface area contributed by atoms with E-state index in [1.54, 1.807) is 11.6 Å². The number of quaternary nitrogens is 1. The highest BCUT2D eigenvalue weighted by Crippen LogP contribution is 2.38. The largest absolute Gasteiger partial charge is 0.493 e. The van der Waals surface area contributed by atoms with Crippen LogP contribution in [0.2, 0.25) is 0 Å². The van der Waals surface area contributed by atoms with Gasteiger partial charge in [0.25, 0.3) is 0 Å². The lowest BCUT2D eigenvalue weighted by molar-refractivity contribution is -0.913. The Morgan fingerprint density at radius 2 is 2.07 bits per heavy atom. The Kier molecular flexibility index (Phi) is 4.92. The van der Waals surface area contributed by atoms with Crippen molar-refractivity contribution in [3.63, 3.8) is 0 Å². The topological polar surface area (TPSA) is 73.3 Å². The number of likely N-dealkylation sites (tertiary alicyclic amines) is 1. The zero-order valence-electron chi connectivity index (χ0n) is 15.9. The number of nitrogens with one attached hydrogen (secondary N) is 1. The second-order valence-corrected chi connectivity index (χ2v) is 7.79. The minimum atomic E-state index is 0.0193. The molecule has 0 amide bonds. The van der Waals surface area contributed by atoms with Gasteiger partial charge in [-0.05, 0) is 32.0 Å². The summed E-state index contributed by atoms with van der Waals surface area (Å²) in [6.45, 7) is 6.53. The summed E-state index contributed by atoms with van der Waals surface area (Å²) < 4.78 is 12.8. The number of hydrogen-bond acceptors (Lipinski definition) is 6. The fourth-order valence-electron chi connectivity index (χ4n) is 3.86. The van der Waals surface area contributed by atoms with Gasteiger partial charge < -0.3 is 19.5 Å². The van der Waals surface area contributed by atoms with Crippen LogP contribution in [0.3, 0.4) is 0 Å². The maximum Gasteiger partial charge on any atom is 0.235 e. The van der Waals surface area contributed by atoms with Crippen molar-refractivity contribution < 1.29 is 19.5 Å². The van der Waals surface area contributed by atoms with E-state index in [0.29, 0.717) is 18.2 Å². The van der Waals surface area contributed by atoms with Gasteiger partial charge in [0.05, 0.1) is 26.8 Å². The van der Waals surface area contributed by atoms with E-state index in [1.165, 1.54) is 29.1 Å². The quantitative estimate of drug-likeness (QED) is 0.674. The minimum Gasteiger partial charge on any atom is -0.493 e. The number of rotatable bonds is 6. The Morgan fingerprint density at radius 3 is 2.74 bits per heavy atom. The Morgan fingerprint density at radius 1 is 1.30 bits per heavy atom. The first-order valence-electron chi connectivity index (χ1n) is 9.32. The molecule has 4 rings (SSSR count). The van der Waals surface area contributed by atoms with Gasteiger partial charge in [0.2, 0.25) is 10.8 Å². The van der Waals surface area contributed by atoms with Gasteiger partial charge in [-0.15, -0.1) is 5.10 Å². The summed E-state index contributed by atoms with van der Waals surface area (Å²) in [6, 6.07) is 6.08. The maximum absolute atomic E-state index is 10.9. The van der Waals surface area contributed by atoms with Crippen molar-refractivity contribution in [3.05, 3.63) is 34.5 Å². The monoisotopic (exact) mass is 389 g/mol. The van der Waals surface area contributed by atoms with Crippen LogP contribution in [0.15, 0.2) is 18.2 Å². The fraction of sp³-hybridized carbons (Fsp3) is 0.474. The molecule has 1 saturated heterocycles. The zero-order valence-corrected chi connectivity index (χ0v) is 16.7. The number of methoxy groups -OCH3 is 1. The lowest BCUT2D eigenvalue weighted by Gasteiger charge is -2.24. The first kappa shape index (κ1) is 18.1. The molecule has 1 aliphatic rings. The number of ether oxygens (including phenoxy) is 2. The minimum absolute atomic E-state index is 0.0193. The molecule has 0 unspecified atom stereocenters. The standard InChI is InChI=1S/C19H24N4O3S/c1-4-26-14-8-7-13(11-15(14)25-3)16(22-9-5-6-10-22)17-18(24)23-19(27-17)20-12(2)21-23/h7-8,11,16,24H,4-6,9-10H2,1-3H3/p+1/t16-/m1/s1. The summed E-state index contributed by atoms with van der Waals surface area (Å²) in [5.41, 5.74) is 1.10. The number of aromatic hydroxyl groups is 1. The normalized spacial score (nSPS) is 16.1. The molecule has 7 nitrogen and oxygen atoms in total. The van der Waals surface area contributed by atoms with E-state index in [-0.39, 0.29) is 11.9 Å². The maximum atomic E-state index is 10.9. The Bertz CT molecular complexity index is 946. The molecule has 3 heterocycles. The van der Waals surface area contributed by atoms with E-state index >= 15 is 0 Å². The number of thiazole rings is 1. The molecule has 8 heteroatoms. The van der Waals surface area contributed by atoms with Gasteiger partial charge >= 0.3 is 0 Å². The molecule has 27 heavy (non-hydrogen) atoms. The van der Waals surface area contributed by atoms with Crippen molar-refractivity contribution in [2.24, 2.45) is 0 Å². The van der Waals surface area contributed by atoms with Crippen LogP contribution in [0, 0.1) is 6.92 Å². The molecular weight excluding hydrogens is 364 g/mol. The average molecular weight is 390 g/mol. The number of hydrogen-bond donors (Lipinski definition) is 2. The number of fused-ring (bicyclic) bond motifs is 1. The van der Waals surface area contributed by atoms with Crippen LogP contribution in [0.4, 0.5) is 0 Å². The Labute approximate surface area is 162 Å². The summed E-state index contributed by atoms with van der Waals surface area (Å²) in [5, 5.41) is 15.2. The Balaban J connectivity index is 1.81. The third-order valence-electron chi connectivity index (χ3n) is 5.04. The van der Waals surface area contributed by atoms with E-state index in [2.05, 4.69) is 16.1 Å². The number of aryl methyl sites for hydroxylation is 1. The molecule has 3 aromatic rings. The third-order valence-corrected chi connectivity index (χ3v) is 6.13. The summed E-state index contributed by atoms with van der Waals surface area (Å²) in [5.74, 6) is 2.30. The first-order valence-corrected chi connectivity index (χ1v) is 10.1. The smallest absolute Gasteiger partial charge is 0.235 e. The van der Waals surface area contributed by atoms with Crippen molar-refractivity contribution in [3.8, 4) is 17.4 Å². The van der Waals surface area contributed by atoms with Crippen LogP contribution in [-0.2, 0) is 0 Å². The van der Waals surface area contributed by atoms with Gasteiger partial charge in [-0.25, -0.2) is 4.98 Å². The van der Waals surface area contributed by atoms with Crippen LogP contribution in [0.25, 0.3) is 4.96 Å². The second kappa shape index (κ2) is 7.36. The number of aromatic nitrogens is 3. The summed E-state index contributed by atoms with van der Waals surface area (Å²) >= 11 is 1.51. The van der Waals surface area contributed by atoms with Gasteiger partial charge in [0.15, 0.2) is 17.5 Å². The molecule has 1 aliphatic heterocycles. The van der Waals surface area contributed by atoms with E-state index < -0.39 is 0 Å². The van der Waals surface area contributed by atoms with Gasteiger partial charge in [-0.3, -0.25) is 0 Å². The van der Waals surface area contributed by atoms with Crippen molar-refractivity contribution in [2.45, 2.75) is 32.7 Å².